The van der Waals surface area contributed by atoms with E-state index >= 15 is 0 Å². The molecule has 0 fully saturated rings. The Hall–Kier alpha value is -2.58. The minimum atomic E-state index is -0.454. The first-order valence-corrected chi connectivity index (χ1v) is 8.60. The Balaban J connectivity index is 1.95. The van der Waals surface area contributed by atoms with E-state index < -0.39 is 6.04 Å². The zero-order valence-corrected chi connectivity index (χ0v) is 15.0. The van der Waals surface area contributed by atoms with Crippen molar-refractivity contribution in [1.29, 1.82) is 0 Å². The van der Waals surface area contributed by atoms with Crippen molar-refractivity contribution in [2.45, 2.75) is 19.9 Å². The molecule has 0 bridgehead atoms. The van der Waals surface area contributed by atoms with Crippen molar-refractivity contribution in [3.05, 3.63) is 100 Å². The van der Waals surface area contributed by atoms with E-state index in [2.05, 4.69) is 5.32 Å². The molecule has 3 rings (SSSR count). The van der Waals surface area contributed by atoms with Gasteiger partial charge < -0.3 is 5.32 Å². The summed E-state index contributed by atoms with van der Waals surface area (Å²) in [6.07, 6.45) is 0. The monoisotopic (exact) mass is 349 g/mol. The Labute approximate surface area is 153 Å². The highest BCUT2D eigenvalue weighted by Crippen LogP contribution is 2.25. The molecule has 0 saturated heterocycles. The van der Waals surface area contributed by atoms with Gasteiger partial charge in [0.05, 0.1) is 0 Å². The second-order valence-corrected chi connectivity index (χ2v) is 6.66. The maximum Gasteiger partial charge on any atom is 0.189 e. The molecular formula is C22H20ClNO. The summed E-state index contributed by atoms with van der Waals surface area (Å²) in [7, 11) is 0. The molecule has 0 saturated carbocycles. The molecule has 0 aromatic heterocycles. The maximum atomic E-state index is 13.1. The molecule has 126 valence electrons. The summed E-state index contributed by atoms with van der Waals surface area (Å²) < 4.78 is 0. The number of Topliss-reactive ketones (excluding diaryl/α,β-unsaturated/α-hetero) is 1. The number of nitrogens with one attached hydrogen (secondary N) is 1. The van der Waals surface area contributed by atoms with Crippen molar-refractivity contribution in [2.75, 3.05) is 5.32 Å². The summed E-state index contributed by atoms with van der Waals surface area (Å²) in [6.45, 7) is 4.05. The quantitative estimate of drug-likeness (QED) is 0.573. The Morgan fingerprint density at radius 1 is 0.800 bits per heavy atom. The van der Waals surface area contributed by atoms with Crippen LogP contribution in [-0.4, -0.2) is 5.78 Å². The van der Waals surface area contributed by atoms with Crippen molar-refractivity contribution >= 4 is 23.1 Å². The number of carbonyl (C=O) groups excluding carboxylic acids is 1. The molecule has 0 spiro atoms. The topological polar surface area (TPSA) is 29.1 Å². The summed E-state index contributed by atoms with van der Waals surface area (Å²) in [4.78, 5) is 13.1. The number of hydrogen-bond acceptors (Lipinski definition) is 2. The molecule has 3 aromatic rings. The van der Waals surface area contributed by atoms with E-state index in [4.69, 9.17) is 11.6 Å². The average molecular weight is 350 g/mol. The van der Waals surface area contributed by atoms with Gasteiger partial charge in [0.25, 0.3) is 0 Å². The first-order chi connectivity index (χ1) is 12.0. The number of rotatable bonds is 5. The highest BCUT2D eigenvalue weighted by Gasteiger charge is 2.22. The molecule has 3 aromatic carbocycles. The van der Waals surface area contributed by atoms with Crippen LogP contribution in [0.1, 0.15) is 33.1 Å². The van der Waals surface area contributed by atoms with Gasteiger partial charge in [0.1, 0.15) is 6.04 Å². The smallest absolute Gasteiger partial charge is 0.189 e. The minimum absolute atomic E-state index is 0.0406. The normalized spacial score (nSPS) is 11.8. The van der Waals surface area contributed by atoms with Gasteiger partial charge >= 0.3 is 0 Å². The fourth-order valence-corrected chi connectivity index (χ4v) is 2.78. The summed E-state index contributed by atoms with van der Waals surface area (Å²) >= 11 is 5.96. The number of ketones is 1. The largest absolute Gasteiger partial charge is 0.371 e. The van der Waals surface area contributed by atoms with Crippen LogP contribution in [0.4, 0.5) is 5.69 Å². The van der Waals surface area contributed by atoms with Crippen molar-refractivity contribution in [3.63, 3.8) is 0 Å². The lowest BCUT2D eigenvalue weighted by Crippen LogP contribution is -2.21. The molecule has 3 heteroatoms. The van der Waals surface area contributed by atoms with Crippen LogP contribution in [0.2, 0.25) is 5.02 Å². The predicted molar refractivity (Wildman–Crippen MR) is 105 cm³/mol. The van der Waals surface area contributed by atoms with Crippen molar-refractivity contribution < 1.29 is 4.79 Å². The van der Waals surface area contributed by atoms with Gasteiger partial charge in [0.15, 0.2) is 5.78 Å². The van der Waals surface area contributed by atoms with E-state index in [1.807, 2.05) is 86.6 Å². The lowest BCUT2D eigenvalue weighted by Gasteiger charge is -2.20. The molecule has 2 nitrogen and oxygen atoms in total. The third kappa shape index (κ3) is 4.28. The van der Waals surface area contributed by atoms with Crippen LogP contribution in [0.15, 0.2) is 72.8 Å². The van der Waals surface area contributed by atoms with Crippen LogP contribution in [-0.2, 0) is 0 Å². The lowest BCUT2D eigenvalue weighted by atomic mass is 9.96. The van der Waals surface area contributed by atoms with E-state index in [1.54, 1.807) is 0 Å². The molecule has 0 aliphatic carbocycles. The Kier molecular flexibility index (Phi) is 5.20. The number of benzene rings is 3. The van der Waals surface area contributed by atoms with Gasteiger partial charge in [-0.25, -0.2) is 0 Å². The Morgan fingerprint density at radius 3 is 1.88 bits per heavy atom. The van der Waals surface area contributed by atoms with E-state index in [0.29, 0.717) is 10.6 Å². The van der Waals surface area contributed by atoms with E-state index in [1.165, 1.54) is 0 Å². The third-order valence-corrected chi connectivity index (χ3v) is 4.42. The molecule has 0 radical (unpaired) electrons. The van der Waals surface area contributed by atoms with Gasteiger partial charge in [-0.1, -0.05) is 71.3 Å². The molecule has 1 N–H and O–H groups in total. The molecule has 0 aliphatic rings. The summed E-state index contributed by atoms with van der Waals surface area (Å²) in [5.41, 5.74) is 4.78. The number of anilines is 1. The van der Waals surface area contributed by atoms with Crippen LogP contribution >= 0.6 is 11.6 Å². The van der Waals surface area contributed by atoms with Gasteiger partial charge in [-0.3, -0.25) is 4.79 Å². The molecule has 25 heavy (non-hydrogen) atoms. The number of hydrogen-bond donors (Lipinski definition) is 1. The number of aryl methyl sites for hydroxylation is 2. The summed E-state index contributed by atoms with van der Waals surface area (Å²) in [5.74, 6) is 0.0406. The molecule has 1 atom stereocenters. The zero-order valence-electron chi connectivity index (χ0n) is 14.3. The SMILES string of the molecule is Cc1ccc(C(=O)C(Nc2ccc(Cl)cc2)c2ccc(C)cc2)cc1. The second kappa shape index (κ2) is 7.54. The van der Waals surface area contributed by atoms with Crippen molar-refractivity contribution in [3.8, 4) is 0 Å². The fourth-order valence-electron chi connectivity index (χ4n) is 2.66. The van der Waals surface area contributed by atoms with E-state index in [9.17, 15) is 4.79 Å². The van der Waals surface area contributed by atoms with Gasteiger partial charge in [-0.2, -0.15) is 0 Å². The maximum absolute atomic E-state index is 13.1. The van der Waals surface area contributed by atoms with Gasteiger partial charge in [-0.05, 0) is 43.7 Å². The van der Waals surface area contributed by atoms with Crippen LogP contribution in [0.5, 0.6) is 0 Å². The standard InChI is InChI=1S/C22H20ClNO/c1-15-3-7-17(8-4-15)21(24-20-13-11-19(23)12-14-20)22(25)18-9-5-16(2)6-10-18/h3-14,21,24H,1-2H3. The molecule has 1 unspecified atom stereocenters. The fraction of sp³-hybridized carbons (Fsp3) is 0.136. The number of halogens is 1. The molecule has 0 heterocycles. The zero-order chi connectivity index (χ0) is 17.8. The highest BCUT2D eigenvalue weighted by molar-refractivity contribution is 6.30. The van der Waals surface area contributed by atoms with E-state index in [-0.39, 0.29) is 5.78 Å². The lowest BCUT2D eigenvalue weighted by molar-refractivity contribution is 0.0969. The van der Waals surface area contributed by atoms with Gasteiger partial charge in [0, 0.05) is 16.3 Å². The number of carbonyl (C=O) groups is 1. The second-order valence-electron chi connectivity index (χ2n) is 6.23. The first-order valence-electron chi connectivity index (χ1n) is 8.22. The van der Waals surface area contributed by atoms with Gasteiger partial charge in [-0.15, -0.1) is 0 Å². The Morgan fingerprint density at radius 2 is 1.32 bits per heavy atom. The predicted octanol–water partition coefficient (Wildman–Crippen LogP) is 5.99. The van der Waals surface area contributed by atoms with Crippen molar-refractivity contribution in [2.24, 2.45) is 0 Å². The van der Waals surface area contributed by atoms with E-state index in [0.717, 1.165) is 22.4 Å². The molecular weight excluding hydrogens is 330 g/mol. The molecule has 0 aliphatic heterocycles. The van der Waals surface area contributed by atoms with Crippen LogP contribution in [0.3, 0.4) is 0 Å². The highest BCUT2D eigenvalue weighted by atomic mass is 35.5. The van der Waals surface area contributed by atoms with Crippen molar-refractivity contribution in [1.82, 2.24) is 0 Å². The van der Waals surface area contributed by atoms with Crippen LogP contribution < -0.4 is 5.32 Å². The third-order valence-electron chi connectivity index (χ3n) is 4.16. The van der Waals surface area contributed by atoms with Crippen LogP contribution in [0.25, 0.3) is 0 Å². The summed E-state index contributed by atoms with van der Waals surface area (Å²) in [5, 5.41) is 4.02. The Bertz CT molecular complexity index is 852. The van der Waals surface area contributed by atoms with Crippen LogP contribution in [0, 0.1) is 13.8 Å². The summed E-state index contributed by atoms with van der Waals surface area (Å²) in [6, 6.07) is 22.6. The minimum Gasteiger partial charge on any atom is -0.371 e. The van der Waals surface area contributed by atoms with Gasteiger partial charge in [0.2, 0.25) is 0 Å². The average Bonchev–Trinajstić information content (AvgIpc) is 2.62. The molecule has 0 amide bonds. The first kappa shape index (κ1) is 17.2.